The molecule has 3 nitrogen and oxygen atoms in total. The quantitative estimate of drug-likeness (QED) is 0.579. The molecule has 0 N–H and O–H groups in total. The van der Waals surface area contributed by atoms with Gasteiger partial charge in [-0.25, -0.2) is 0 Å². The predicted octanol–water partition coefficient (Wildman–Crippen LogP) is -0.532. The van der Waals surface area contributed by atoms with Gasteiger partial charge < -0.3 is 0 Å². The molecule has 0 aromatic heterocycles. The third-order valence-electron chi connectivity index (χ3n) is 0.333. The van der Waals surface area contributed by atoms with Crippen LogP contribution in [0.25, 0.3) is 0 Å². The molecule has 0 aromatic carbocycles. The summed E-state index contributed by atoms with van der Waals surface area (Å²) in [7, 11) is 2.73. The van der Waals surface area contributed by atoms with Crippen LogP contribution < -0.4 is 0 Å². The van der Waals surface area contributed by atoms with Crippen molar-refractivity contribution in [2.75, 3.05) is 14.2 Å². The van der Waals surface area contributed by atoms with E-state index in [9.17, 15) is 3.74 Å². The normalized spacial score (nSPS) is 7.38. The molecule has 6 heteroatoms. The molecule has 0 atom stereocenters. The van der Waals surface area contributed by atoms with Gasteiger partial charge in [-0.3, -0.25) is 0 Å². The minimum Gasteiger partial charge on any atom is -0.147 e. The summed E-state index contributed by atoms with van der Waals surface area (Å²) >= 11 is -2.63. The summed E-state index contributed by atoms with van der Waals surface area (Å²) in [5.41, 5.74) is 0. The summed E-state index contributed by atoms with van der Waals surface area (Å²) in [6.45, 7) is 0. The van der Waals surface area contributed by atoms with Gasteiger partial charge in [0.25, 0.3) is 0 Å². The maximum absolute atomic E-state index is 9.99. The van der Waals surface area contributed by atoms with Gasteiger partial charge >= 0.3 is 40.7 Å². The molecular weight excluding hydrogens is 205 g/mol. The first-order valence-corrected chi connectivity index (χ1v) is 4.00. The molecular formula is C2H8AsClNaO3. The van der Waals surface area contributed by atoms with Gasteiger partial charge in [-0.05, 0) is 0 Å². The van der Waals surface area contributed by atoms with Crippen LogP contribution in [0.4, 0.5) is 0 Å². The van der Waals surface area contributed by atoms with Crippen molar-refractivity contribution in [3.05, 3.63) is 0 Å². The maximum atomic E-state index is 9.99. The molecule has 1 radical (unpaired) electrons. The molecule has 8 heavy (non-hydrogen) atoms. The molecule has 0 fully saturated rings. The molecule has 0 saturated heterocycles. The molecule has 0 heterocycles. The van der Waals surface area contributed by atoms with E-state index in [1.54, 1.807) is 0 Å². The van der Waals surface area contributed by atoms with Crippen LogP contribution in [0.15, 0.2) is 0 Å². The van der Waals surface area contributed by atoms with E-state index >= 15 is 0 Å². The third kappa shape index (κ3) is 10.5. The second-order valence-corrected chi connectivity index (χ2v) is 3.42. The van der Waals surface area contributed by atoms with Crippen LogP contribution in [0, 0.1) is 0 Å². The van der Waals surface area contributed by atoms with E-state index in [2.05, 4.69) is 7.45 Å². The number of hydrogen-bond acceptors (Lipinski definition) is 3. The van der Waals surface area contributed by atoms with Gasteiger partial charge in [0.15, 0.2) is 0 Å². The van der Waals surface area contributed by atoms with Crippen LogP contribution in [0.5, 0.6) is 0 Å². The van der Waals surface area contributed by atoms with Crippen LogP contribution >= 0.6 is 12.4 Å². The molecule has 0 unspecified atom stereocenters. The molecule has 0 spiro atoms. The van der Waals surface area contributed by atoms with E-state index < -0.39 is 15.3 Å². The van der Waals surface area contributed by atoms with Crippen molar-refractivity contribution in [3.63, 3.8) is 0 Å². The van der Waals surface area contributed by atoms with Gasteiger partial charge in [-0.1, -0.05) is 0 Å². The van der Waals surface area contributed by atoms with Crippen molar-refractivity contribution in [2.24, 2.45) is 0 Å². The van der Waals surface area contributed by atoms with E-state index in [-0.39, 0.29) is 42.0 Å². The second-order valence-electron chi connectivity index (χ2n) is 0.658. The molecule has 0 amide bonds. The Morgan fingerprint density at radius 1 is 1.25 bits per heavy atom. The first kappa shape index (κ1) is 16.3. The largest absolute Gasteiger partial charge is 0.147 e. The fourth-order valence-corrected chi connectivity index (χ4v) is 0.433. The Kier molecular flexibility index (Phi) is 23.2. The first-order valence-electron chi connectivity index (χ1n) is 1.43. The minimum absolute atomic E-state index is 0. The predicted molar refractivity (Wildman–Crippen MR) is 34.9 cm³/mol. The summed E-state index contributed by atoms with van der Waals surface area (Å²) in [5.74, 6) is 0. The SMILES string of the molecule is CO[AsH](=O)OC.Cl.[Na]. The van der Waals surface area contributed by atoms with E-state index in [1.165, 1.54) is 14.2 Å². The Morgan fingerprint density at radius 3 is 1.50 bits per heavy atom. The standard InChI is InChI=1S/C2H7AsO3.ClH.Na/c1-5-3(4)6-2;;/h3H,1-2H3;1H;. The van der Waals surface area contributed by atoms with E-state index in [0.717, 1.165) is 0 Å². The summed E-state index contributed by atoms with van der Waals surface area (Å²) in [6, 6.07) is 0. The molecule has 0 aliphatic heterocycles. The second kappa shape index (κ2) is 11.4. The van der Waals surface area contributed by atoms with Crippen molar-refractivity contribution in [1.29, 1.82) is 0 Å². The van der Waals surface area contributed by atoms with Crippen LogP contribution in [0.2, 0.25) is 0 Å². The van der Waals surface area contributed by atoms with Crippen LogP contribution in [0.1, 0.15) is 0 Å². The molecule has 0 aliphatic rings. The smallest absolute Gasteiger partial charge is 0 e. The number of hydrogen-bond donors (Lipinski definition) is 0. The summed E-state index contributed by atoms with van der Waals surface area (Å²) in [4.78, 5) is 0. The van der Waals surface area contributed by atoms with Crippen molar-refractivity contribution >= 4 is 57.2 Å². The van der Waals surface area contributed by atoms with Crippen molar-refractivity contribution in [1.82, 2.24) is 0 Å². The fraction of sp³-hybridized carbons (Fsp3) is 1.00. The number of rotatable bonds is 2. The third-order valence-corrected chi connectivity index (χ3v) is 1.73. The minimum atomic E-state index is -2.63. The molecule has 0 bridgehead atoms. The van der Waals surface area contributed by atoms with Crippen LogP contribution in [-0.4, -0.2) is 59.1 Å². The average molecular weight is 213 g/mol. The van der Waals surface area contributed by atoms with Crippen molar-refractivity contribution in [3.8, 4) is 0 Å². The van der Waals surface area contributed by atoms with Crippen molar-refractivity contribution in [2.45, 2.75) is 0 Å². The van der Waals surface area contributed by atoms with Gasteiger partial charge in [0.1, 0.15) is 0 Å². The summed E-state index contributed by atoms with van der Waals surface area (Å²) in [5, 5.41) is 0. The molecule has 0 aromatic rings. The Balaban J connectivity index is -0.000000125. The van der Waals surface area contributed by atoms with Gasteiger partial charge in [-0.15, -0.1) is 12.4 Å². The first-order chi connectivity index (χ1) is 2.81. The zero-order chi connectivity index (χ0) is 4.99. The van der Waals surface area contributed by atoms with Gasteiger partial charge in [0.05, 0.1) is 0 Å². The topological polar surface area (TPSA) is 35.5 Å². The van der Waals surface area contributed by atoms with E-state index in [1.807, 2.05) is 0 Å². The molecule has 0 rings (SSSR count). The van der Waals surface area contributed by atoms with E-state index in [4.69, 9.17) is 0 Å². The summed E-state index contributed by atoms with van der Waals surface area (Å²) < 4.78 is 18.6. The van der Waals surface area contributed by atoms with Gasteiger partial charge in [0, 0.05) is 29.6 Å². The Labute approximate surface area is 82.0 Å². The zero-order valence-corrected chi connectivity index (χ0v) is 10.0. The molecule has 47 valence electrons. The Bertz CT molecular complexity index is 55.2. The zero-order valence-electron chi connectivity index (χ0n) is 5.13. The van der Waals surface area contributed by atoms with Crippen LogP contribution in [0.3, 0.4) is 0 Å². The monoisotopic (exact) mass is 213 g/mol. The van der Waals surface area contributed by atoms with Crippen molar-refractivity contribution < 1.29 is 11.2 Å². The summed E-state index contributed by atoms with van der Waals surface area (Å²) in [6.07, 6.45) is 0. The van der Waals surface area contributed by atoms with E-state index in [0.29, 0.717) is 0 Å². The molecule has 0 saturated carbocycles. The fourth-order valence-electron chi connectivity index (χ4n) is 0.0833. The van der Waals surface area contributed by atoms with Crippen LogP contribution in [-0.2, 0) is 11.2 Å². The maximum Gasteiger partial charge on any atom is 0 e. The van der Waals surface area contributed by atoms with Gasteiger partial charge in [0.2, 0.25) is 0 Å². The molecule has 0 aliphatic carbocycles. The number of halogens is 1. The van der Waals surface area contributed by atoms with Gasteiger partial charge in [-0.2, -0.15) is 0 Å². The Morgan fingerprint density at radius 2 is 1.50 bits per heavy atom. The average Bonchev–Trinajstić information content (AvgIpc) is 1.65. The Hall–Kier alpha value is 1.57.